The van der Waals surface area contributed by atoms with Gasteiger partial charge in [0.05, 0.1) is 0 Å². The number of aliphatic hydroxyl groups excluding tert-OH is 1. The van der Waals surface area contributed by atoms with Gasteiger partial charge in [-0.1, -0.05) is 44.9 Å². The van der Waals surface area contributed by atoms with Crippen LogP contribution >= 0.6 is 0 Å². The fourth-order valence-electron chi connectivity index (χ4n) is 3.27. The van der Waals surface area contributed by atoms with E-state index in [4.69, 9.17) is 0 Å². The first-order valence-corrected chi connectivity index (χ1v) is 7.30. The summed E-state index contributed by atoms with van der Waals surface area (Å²) < 4.78 is 0. The van der Waals surface area contributed by atoms with Crippen molar-refractivity contribution in [2.75, 3.05) is 0 Å². The summed E-state index contributed by atoms with van der Waals surface area (Å²) in [5, 5.41) is 13.7. The summed E-state index contributed by atoms with van der Waals surface area (Å²) in [6.45, 7) is 0. The van der Waals surface area contributed by atoms with Crippen molar-refractivity contribution in [3.05, 3.63) is 0 Å². The van der Waals surface area contributed by atoms with E-state index in [-0.39, 0.29) is 6.23 Å². The van der Waals surface area contributed by atoms with Crippen LogP contribution in [0.1, 0.15) is 70.6 Å². The molecule has 16 heavy (non-hydrogen) atoms. The number of hydrogen-bond donors (Lipinski definition) is 2. The largest absolute Gasteiger partial charge is 0.378 e. The molecule has 0 heterocycles. The minimum Gasteiger partial charge on any atom is -0.378 e. The third kappa shape index (κ3) is 3.74. The minimum atomic E-state index is -0.235. The summed E-state index contributed by atoms with van der Waals surface area (Å²) in [7, 11) is 0. The average Bonchev–Trinajstić information content (AvgIpc) is 2.59. The highest BCUT2D eigenvalue weighted by atomic mass is 16.3. The van der Waals surface area contributed by atoms with Crippen LogP contribution in [0.15, 0.2) is 0 Å². The molecule has 0 aromatic carbocycles. The number of hydrogen-bond acceptors (Lipinski definition) is 2. The summed E-state index contributed by atoms with van der Waals surface area (Å²) in [6, 6.07) is 0.590. The predicted octanol–water partition coefficient (Wildman–Crippen LogP) is 3.20. The molecule has 0 radical (unpaired) electrons. The van der Waals surface area contributed by atoms with Crippen LogP contribution in [0.2, 0.25) is 0 Å². The van der Waals surface area contributed by atoms with Crippen molar-refractivity contribution in [2.24, 2.45) is 5.92 Å². The average molecular weight is 225 g/mol. The Morgan fingerprint density at radius 1 is 0.750 bits per heavy atom. The van der Waals surface area contributed by atoms with E-state index < -0.39 is 0 Å². The second kappa shape index (κ2) is 6.61. The molecule has 2 fully saturated rings. The van der Waals surface area contributed by atoms with Gasteiger partial charge < -0.3 is 5.11 Å². The van der Waals surface area contributed by atoms with Crippen LogP contribution in [0.3, 0.4) is 0 Å². The lowest BCUT2D eigenvalue weighted by Gasteiger charge is -2.29. The first-order chi connectivity index (χ1) is 7.86. The Bertz CT molecular complexity index is 181. The maximum Gasteiger partial charge on any atom is 0.107 e. The molecule has 0 aliphatic heterocycles. The summed E-state index contributed by atoms with van der Waals surface area (Å²) in [5.74, 6) is 0.518. The van der Waals surface area contributed by atoms with E-state index in [0.717, 1.165) is 0 Å². The zero-order chi connectivity index (χ0) is 11.2. The van der Waals surface area contributed by atoms with Crippen molar-refractivity contribution in [1.82, 2.24) is 5.32 Å². The van der Waals surface area contributed by atoms with Gasteiger partial charge in [-0.05, 0) is 31.6 Å². The zero-order valence-corrected chi connectivity index (χ0v) is 10.5. The molecule has 2 nitrogen and oxygen atoms in total. The fourth-order valence-corrected chi connectivity index (χ4v) is 3.27. The third-order valence-corrected chi connectivity index (χ3v) is 4.36. The lowest BCUT2D eigenvalue weighted by Crippen LogP contribution is -2.43. The van der Waals surface area contributed by atoms with E-state index in [1.807, 2.05) is 0 Å². The van der Waals surface area contributed by atoms with Crippen molar-refractivity contribution >= 4 is 0 Å². The second-order valence-electron chi connectivity index (χ2n) is 5.70. The van der Waals surface area contributed by atoms with Crippen molar-refractivity contribution in [1.29, 1.82) is 0 Å². The predicted molar refractivity (Wildman–Crippen MR) is 67.2 cm³/mol. The first kappa shape index (κ1) is 12.4. The maximum atomic E-state index is 10.2. The molecule has 94 valence electrons. The van der Waals surface area contributed by atoms with Gasteiger partial charge in [0, 0.05) is 6.04 Å². The van der Waals surface area contributed by atoms with Crippen LogP contribution in [-0.4, -0.2) is 17.4 Å². The Kier molecular flexibility index (Phi) is 5.11. The van der Waals surface area contributed by atoms with Crippen LogP contribution in [-0.2, 0) is 0 Å². The van der Waals surface area contributed by atoms with Gasteiger partial charge in [0.25, 0.3) is 0 Å². The molecule has 2 saturated carbocycles. The first-order valence-electron chi connectivity index (χ1n) is 7.30. The molecule has 0 bridgehead atoms. The molecule has 2 aliphatic carbocycles. The molecule has 2 heteroatoms. The molecule has 1 unspecified atom stereocenters. The van der Waals surface area contributed by atoms with Crippen molar-refractivity contribution in [3.8, 4) is 0 Å². The maximum absolute atomic E-state index is 10.2. The van der Waals surface area contributed by atoms with E-state index in [9.17, 15) is 5.11 Å². The topological polar surface area (TPSA) is 32.3 Å². The number of nitrogens with one attached hydrogen (secondary N) is 1. The lowest BCUT2D eigenvalue weighted by atomic mass is 9.93. The van der Waals surface area contributed by atoms with Crippen LogP contribution < -0.4 is 5.32 Å². The number of aliphatic hydroxyl groups is 1. The molecule has 2 rings (SSSR count). The van der Waals surface area contributed by atoms with E-state index in [2.05, 4.69) is 5.32 Å². The van der Waals surface area contributed by atoms with Gasteiger partial charge >= 0.3 is 0 Å². The lowest BCUT2D eigenvalue weighted by molar-refractivity contribution is 0.0499. The van der Waals surface area contributed by atoms with E-state index >= 15 is 0 Å². The third-order valence-electron chi connectivity index (χ3n) is 4.36. The SMILES string of the molecule is OC(NC1CCCCC1)C1CCCCCC1. The monoisotopic (exact) mass is 225 g/mol. The summed E-state index contributed by atoms with van der Waals surface area (Å²) >= 11 is 0. The second-order valence-corrected chi connectivity index (χ2v) is 5.70. The highest BCUT2D eigenvalue weighted by Crippen LogP contribution is 2.26. The summed E-state index contributed by atoms with van der Waals surface area (Å²) in [5.41, 5.74) is 0. The molecular formula is C14H27NO. The van der Waals surface area contributed by atoms with Crippen molar-refractivity contribution in [3.63, 3.8) is 0 Å². The fraction of sp³-hybridized carbons (Fsp3) is 1.00. The molecular weight excluding hydrogens is 198 g/mol. The van der Waals surface area contributed by atoms with Gasteiger partial charge in [0.1, 0.15) is 6.23 Å². The van der Waals surface area contributed by atoms with Crippen molar-refractivity contribution in [2.45, 2.75) is 82.9 Å². The Hall–Kier alpha value is -0.0800. The highest BCUT2D eigenvalue weighted by molar-refractivity contribution is 4.77. The summed E-state index contributed by atoms with van der Waals surface area (Å²) in [6.07, 6.45) is 14.2. The van der Waals surface area contributed by atoms with Gasteiger partial charge in [-0.15, -0.1) is 0 Å². The quantitative estimate of drug-likeness (QED) is 0.571. The highest BCUT2D eigenvalue weighted by Gasteiger charge is 2.23. The molecule has 2 aliphatic rings. The van der Waals surface area contributed by atoms with Gasteiger partial charge in [0.2, 0.25) is 0 Å². The Morgan fingerprint density at radius 2 is 1.25 bits per heavy atom. The molecule has 0 aromatic rings. The number of rotatable bonds is 3. The molecule has 1 atom stereocenters. The molecule has 2 N–H and O–H groups in total. The molecule has 0 amide bonds. The smallest absolute Gasteiger partial charge is 0.107 e. The van der Waals surface area contributed by atoms with Crippen molar-refractivity contribution < 1.29 is 5.11 Å². The minimum absolute atomic E-state index is 0.235. The summed E-state index contributed by atoms with van der Waals surface area (Å²) in [4.78, 5) is 0. The van der Waals surface area contributed by atoms with E-state index in [1.165, 1.54) is 70.6 Å². The zero-order valence-electron chi connectivity index (χ0n) is 10.5. The standard InChI is InChI=1S/C14H27NO/c16-14(12-8-4-1-2-5-9-12)15-13-10-6-3-7-11-13/h12-16H,1-11H2. The van der Waals surface area contributed by atoms with E-state index in [1.54, 1.807) is 0 Å². The Balaban J connectivity index is 1.74. The van der Waals surface area contributed by atoms with Crippen LogP contribution in [0, 0.1) is 5.92 Å². The van der Waals surface area contributed by atoms with Gasteiger partial charge in [-0.25, -0.2) is 0 Å². The van der Waals surface area contributed by atoms with Gasteiger partial charge in [-0.2, -0.15) is 0 Å². The van der Waals surface area contributed by atoms with Crippen LogP contribution in [0.25, 0.3) is 0 Å². The van der Waals surface area contributed by atoms with E-state index in [0.29, 0.717) is 12.0 Å². The molecule has 0 spiro atoms. The Morgan fingerprint density at radius 3 is 1.88 bits per heavy atom. The van der Waals surface area contributed by atoms with Gasteiger partial charge in [0.15, 0.2) is 0 Å². The molecule has 0 aromatic heterocycles. The van der Waals surface area contributed by atoms with Crippen LogP contribution in [0.5, 0.6) is 0 Å². The van der Waals surface area contributed by atoms with Crippen LogP contribution in [0.4, 0.5) is 0 Å². The Labute approximate surface area is 99.8 Å². The molecule has 0 saturated heterocycles. The van der Waals surface area contributed by atoms with Gasteiger partial charge in [-0.3, -0.25) is 5.32 Å². The normalized spacial score (nSPS) is 27.6.